The van der Waals surface area contributed by atoms with Crippen LogP contribution in [0.1, 0.15) is 17.9 Å². The molecular formula is C22H20ClNO6S2. The maximum Gasteiger partial charge on any atom is 0.325 e. The minimum Gasteiger partial charge on any atom is -0.491 e. The molecular weight excluding hydrogens is 474 g/mol. The number of halogens is 1. The number of benzene rings is 2. The van der Waals surface area contributed by atoms with E-state index >= 15 is 0 Å². The quantitative estimate of drug-likeness (QED) is 0.418. The van der Waals surface area contributed by atoms with Crippen molar-refractivity contribution in [3.8, 4) is 16.2 Å². The molecule has 4 rings (SSSR count). The molecule has 3 N–H and O–H groups in total. The third kappa shape index (κ3) is 4.39. The van der Waals surface area contributed by atoms with Gasteiger partial charge in [0.05, 0.1) is 6.61 Å². The van der Waals surface area contributed by atoms with E-state index in [1.54, 1.807) is 54.6 Å². The van der Waals surface area contributed by atoms with E-state index in [-0.39, 0.29) is 23.8 Å². The molecule has 0 saturated heterocycles. The Hall–Kier alpha value is -2.43. The Morgan fingerprint density at radius 3 is 2.56 bits per heavy atom. The second kappa shape index (κ2) is 8.84. The number of nitrogens with one attached hydrogen (secondary N) is 1. The lowest BCUT2D eigenvalue weighted by Gasteiger charge is -2.16. The number of carboxylic acids is 1. The highest BCUT2D eigenvalue weighted by Crippen LogP contribution is 2.55. The summed E-state index contributed by atoms with van der Waals surface area (Å²) in [4.78, 5) is 12.9. The first-order valence-corrected chi connectivity index (χ1v) is 12.4. The average Bonchev–Trinajstić information content (AvgIpc) is 3.25. The van der Waals surface area contributed by atoms with Crippen molar-refractivity contribution in [1.29, 1.82) is 0 Å². The Kier molecular flexibility index (Phi) is 6.28. The van der Waals surface area contributed by atoms with Crippen molar-refractivity contribution in [2.75, 3.05) is 13.2 Å². The van der Waals surface area contributed by atoms with Gasteiger partial charge in [-0.3, -0.25) is 4.79 Å². The number of carboxylic acid groups (broad SMARTS) is 1. The zero-order valence-corrected chi connectivity index (χ0v) is 19.1. The largest absolute Gasteiger partial charge is 0.491 e. The molecule has 3 aromatic rings. The predicted octanol–water partition coefficient (Wildman–Crippen LogP) is 3.73. The van der Waals surface area contributed by atoms with Gasteiger partial charge < -0.3 is 14.9 Å². The fraction of sp³-hybridized carbons (Fsp3) is 0.227. The summed E-state index contributed by atoms with van der Waals surface area (Å²) >= 11 is 6.96. The van der Waals surface area contributed by atoms with Crippen LogP contribution in [0, 0.1) is 0 Å². The van der Waals surface area contributed by atoms with E-state index in [1.165, 1.54) is 6.07 Å². The van der Waals surface area contributed by atoms with Crippen LogP contribution >= 0.6 is 22.9 Å². The Balaban J connectivity index is 1.60. The van der Waals surface area contributed by atoms with Crippen LogP contribution in [-0.4, -0.2) is 43.4 Å². The van der Waals surface area contributed by atoms with Gasteiger partial charge in [-0.15, -0.1) is 11.3 Å². The summed E-state index contributed by atoms with van der Waals surface area (Å²) in [6.07, 6.45) is 0.0937. The van der Waals surface area contributed by atoms with Crippen molar-refractivity contribution in [2.24, 2.45) is 0 Å². The summed E-state index contributed by atoms with van der Waals surface area (Å²) in [6, 6.07) is 17.0. The van der Waals surface area contributed by atoms with E-state index in [0.29, 0.717) is 16.3 Å². The zero-order valence-electron chi connectivity index (χ0n) is 16.7. The van der Waals surface area contributed by atoms with Crippen LogP contribution in [-0.2, 0) is 14.8 Å². The van der Waals surface area contributed by atoms with Crippen molar-refractivity contribution in [2.45, 2.75) is 22.1 Å². The number of sulfonamides is 1. The number of ether oxygens (including phenoxy) is 1. The summed E-state index contributed by atoms with van der Waals surface area (Å²) in [5.41, 5.74) is -0.269. The SMILES string of the molecule is O=C(O)C1(NS(=O)(=O)c2ccc(-c3ccc(Cl)cc3)s2)CC1c1ccccc1OCCO. The van der Waals surface area contributed by atoms with Crippen molar-refractivity contribution in [3.63, 3.8) is 0 Å². The minimum atomic E-state index is -4.09. The third-order valence-corrected chi connectivity index (χ3v) is 8.67. The number of aliphatic carboxylic acids is 1. The standard InChI is InChI=1S/C22H20ClNO6S2/c23-15-7-5-14(6-8-15)19-9-10-20(31-19)32(28,29)24-22(21(26)27)13-17(22)16-3-1-2-4-18(16)30-12-11-25/h1-10,17,24-25H,11-13H2,(H,26,27). The minimum absolute atomic E-state index is 0.0264. The number of aliphatic hydroxyl groups is 1. The number of para-hydroxylation sites is 1. The van der Waals surface area contributed by atoms with Crippen LogP contribution < -0.4 is 9.46 Å². The monoisotopic (exact) mass is 493 g/mol. The summed E-state index contributed by atoms with van der Waals surface area (Å²) in [7, 11) is -4.09. The van der Waals surface area contributed by atoms with Crippen molar-refractivity contribution >= 4 is 38.9 Å². The number of hydrogen-bond donors (Lipinski definition) is 3. The number of aliphatic hydroxyl groups excluding tert-OH is 1. The van der Waals surface area contributed by atoms with Crippen LogP contribution in [0.3, 0.4) is 0 Å². The van der Waals surface area contributed by atoms with Crippen LogP contribution in [0.5, 0.6) is 5.75 Å². The predicted molar refractivity (Wildman–Crippen MR) is 122 cm³/mol. The molecule has 7 nitrogen and oxygen atoms in total. The zero-order chi connectivity index (χ0) is 22.9. The molecule has 0 amide bonds. The number of thiophene rings is 1. The van der Waals surface area contributed by atoms with Gasteiger partial charge in [0.2, 0.25) is 0 Å². The Morgan fingerprint density at radius 1 is 1.16 bits per heavy atom. The maximum atomic E-state index is 13.1. The molecule has 2 unspecified atom stereocenters. The smallest absolute Gasteiger partial charge is 0.325 e. The number of carbonyl (C=O) groups is 1. The molecule has 1 aliphatic carbocycles. The van der Waals surface area contributed by atoms with Crippen molar-refractivity contribution in [1.82, 2.24) is 4.72 Å². The Bertz CT molecular complexity index is 1240. The normalized spacial score (nSPS) is 20.1. The molecule has 2 aromatic carbocycles. The van der Waals surface area contributed by atoms with Gasteiger partial charge in [0, 0.05) is 15.8 Å². The van der Waals surface area contributed by atoms with Gasteiger partial charge >= 0.3 is 5.97 Å². The molecule has 32 heavy (non-hydrogen) atoms. The second-order valence-corrected chi connectivity index (χ2v) is 10.8. The number of hydrogen-bond acceptors (Lipinski definition) is 6. The average molecular weight is 494 g/mol. The Labute approximate surface area is 194 Å². The van der Waals surface area contributed by atoms with Gasteiger partial charge in [-0.05, 0) is 47.9 Å². The van der Waals surface area contributed by atoms with Crippen LogP contribution in [0.25, 0.3) is 10.4 Å². The molecule has 0 radical (unpaired) electrons. The van der Waals surface area contributed by atoms with E-state index in [0.717, 1.165) is 21.8 Å². The molecule has 1 fully saturated rings. The highest BCUT2D eigenvalue weighted by Gasteiger charge is 2.64. The second-order valence-electron chi connectivity index (χ2n) is 7.37. The Morgan fingerprint density at radius 2 is 1.88 bits per heavy atom. The fourth-order valence-corrected chi connectivity index (χ4v) is 6.45. The van der Waals surface area contributed by atoms with Gasteiger partial charge in [-0.1, -0.05) is 41.9 Å². The van der Waals surface area contributed by atoms with E-state index in [4.69, 9.17) is 21.4 Å². The molecule has 2 atom stereocenters. The molecule has 1 saturated carbocycles. The first kappa shape index (κ1) is 22.8. The van der Waals surface area contributed by atoms with Crippen LogP contribution in [0.4, 0.5) is 0 Å². The first-order chi connectivity index (χ1) is 15.3. The highest BCUT2D eigenvalue weighted by molar-refractivity contribution is 7.91. The lowest BCUT2D eigenvalue weighted by Crippen LogP contribution is -2.44. The van der Waals surface area contributed by atoms with Crippen LogP contribution in [0.15, 0.2) is 64.9 Å². The molecule has 1 aromatic heterocycles. The molecule has 0 aliphatic heterocycles. The topological polar surface area (TPSA) is 113 Å². The van der Waals surface area contributed by atoms with Gasteiger partial charge in [0.25, 0.3) is 10.0 Å². The molecule has 10 heteroatoms. The van der Waals surface area contributed by atoms with Gasteiger partial charge in [-0.25, -0.2) is 8.42 Å². The third-order valence-electron chi connectivity index (χ3n) is 5.28. The molecule has 0 bridgehead atoms. The van der Waals surface area contributed by atoms with E-state index in [1.807, 2.05) is 0 Å². The van der Waals surface area contributed by atoms with E-state index in [9.17, 15) is 18.3 Å². The summed E-state index contributed by atoms with van der Waals surface area (Å²) < 4.78 is 34.1. The van der Waals surface area contributed by atoms with Gasteiger partial charge in [0.1, 0.15) is 22.1 Å². The maximum absolute atomic E-state index is 13.1. The molecule has 0 spiro atoms. The summed E-state index contributed by atoms with van der Waals surface area (Å²) in [5.74, 6) is -1.42. The summed E-state index contributed by atoms with van der Waals surface area (Å²) in [5, 5.41) is 19.5. The molecule has 168 valence electrons. The lowest BCUT2D eigenvalue weighted by molar-refractivity contribution is -0.140. The number of rotatable bonds is 9. The van der Waals surface area contributed by atoms with E-state index < -0.39 is 27.4 Å². The van der Waals surface area contributed by atoms with Gasteiger partial charge in [0.15, 0.2) is 0 Å². The molecule has 1 aliphatic rings. The fourth-order valence-electron chi connectivity index (χ4n) is 3.61. The molecule has 1 heterocycles. The lowest BCUT2D eigenvalue weighted by atomic mass is 10.1. The first-order valence-electron chi connectivity index (χ1n) is 9.72. The van der Waals surface area contributed by atoms with Gasteiger partial charge in [-0.2, -0.15) is 4.72 Å². The summed E-state index contributed by atoms with van der Waals surface area (Å²) in [6.45, 7) is -0.137. The van der Waals surface area contributed by atoms with Crippen molar-refractivity contribution in [3.05, 3.63) is 71.2 Å². The van der Waals surface area contributed by atoms with E-state index in [2.05, 4.69) is 4.72 Å². The highest BCUT2D eigenvalue weighted by atomic mass is 35.5. The van der Waals surface area contributed by atoms with Crippen molar-refractivity contribution < 1.29 is 28.2 Å². The van der Waals surface area contributed by atoms with Crippen LogP contribution in [0.2, 0.25) is 5.02 Å².